The number of aromatic nitrogens is 2. The van der Waals surface area contributed by atoms with E-state index in [1.54, 1.807) is 29.0 Å². The van der Waals surface area contributed by atoms with Gasteiger partial charge in [-0.2, -0.15) is 0 Å². The Morgan fingerprint density at radius 2 is 1.89 bits per heavy atom. The summed E-state index contributed by atoms with van der Waals surface area (Å²) < 4.78 is 7.31. The van der Waals surface area contributed by atoms with Gasteiger partial charge in [0.1, 0.15) is 11.4 Å². The van der Waals surface area contributed by atoms with Crippen molar-refractivity contribution in [2.75, 3.05) is 0 Å². The van der Waals surface area contributed by atoms with Gasteiger partial charge in [0.15, 0.2) is 0 Å². The van der Waals surface area contributed by atoms with Crippen molar-refractivity contribution in [2.45, 2.75) is 53.1 Å². The average molecular weight is 366 g/mol. The Labute approximate surface area is 159 Å². The van der Waals surface area contributed by atoms with E-state index in [1.165, 1.54) is 0 Å². The number of pyridine rings is 1. The molecule has 0 aliphatic heterocycles. The Hall–Kier alpha value is -2.82. The Bertz CT molecular complexity index is 1010. The number of fused-ring (bicyclic) bond motifs is 1. The third-order valence-electron chi connectivity index (χ3n) is 4.31. The minimum absolute atomic E-state index is 0.140. The number of carbonyl (C=O) groups excluding carboxylic acids is 1. The van der Waals surface area contributed by atoms with E-state index in [0.717, 1.165) is 33.4 Å². The summed E-state index contributed by atoms with van der Waals surface area (Å²) in [4.78, 5) is 17.4. The summed E-state index contributed by atoms with van der Waals surface area (Å²) in [6.45, 7) is 11.6. The van der Waals surface area contributed by atoms with Crippen LogP contribution in [0.25, 0.3) is 22.2 Å². The molecule has 27 heavy (non-hydrogen) atoms. The minimum Gasteiger partial charge on any atom is -0.508 e. The zero-order chi connectivity index (χ0) is 19.9. The number of benzene rings is 1. The molecule has 142 valence electrons. The van der Waals surface area contributed by atoms with Gasteiger partial charge in [-0.25, -0.2) is 9.36 Å². The topological polar surface area (TPSA) is 64.4 Å². The molecular formula is C22H26N2O3. The molecule has 0 radical (unpaired) electrons. The number of ether oxygens (including phenoxy) is 1. The molecule has 1 N–H and O–H groups in total. The molecule has 2 heterocycles. The SMILES string of the molecule is Cc1cc(-c2c(C(C)C)c3cc(O)ccc3n2C(=O)OC(C)(C)C)ccn1. The zero-order valence-electron chi connectivity index (χ0n) is 16.7. The molecule has 2 aromatic heterocycles. The second-order valence-electron chi connectivity index (χ2n) is 8.12. The number of hydrogen-bond acceptors (Lipinski definition) is 4. The molecule has 0 atom stereocenters. The first-order chi connectivity index (χ1) is 12.6. The number of phenolic OH excluding ortho intramolecular Hbond substituents is 1. The molecule has 0 spiro atoms. The minimum atomic E-state index is -0.617. The van der Waals surface area contributed by atoms with Gasteiger partial charge in [-0.1, -0.05) is 13.8 Å². The second-order valence-corrected chi connectivity index (χ2v) is 8.12. The lowest BCUT2D eigenvalue weighted by molar-refractivity contribution is 0.0547. The molecule has 0 amide bonds. The summed E-state index contributed by atoms with van der Waals surface area (Å²) in [5.74, 6) is 0.310. The standard InChI is InChI=1S/C22H26N2O3/c1-13(2)19-17-12-16(25)7-8-18(17)24(21(26)27-22(4,5)6)20(19)15-9-10-23-14(3)11-15/h7-13,25H,1-6H3. The van der Waals surface area contributed by atoms with Crippen molar-refractivity contribution in [2.24, 2.45) is 0 Å². The van der Waals surface area contributed by atoms with Crippen LogP contribution in [0.3, 0.4) is 0 Å². The Morgan fingerprint density at radius 1 is 1.19 bits per heavy atom. The van der Waals surface area contributed by atoms with Crippen LogP contribution in [0.2, 0.25) is 0 Å². The monoisotopic (exact) mass is 366 g/mol. The lowest BCUT2D eigenvalue weighted by atomic mass is 9.96. The number of nitrogens with zero attached hydrogens (tertiary/aromatic N) is 2. The molecule has 1 aromatic carbocycles. The van der Waals surface area contributed by atoms with Crippen molar-refractivity contribution < 1.29 is 14.6 Å². The van der Waals surface area contributed by atoms with Gasteiger partial charge in [0.25, 0.3) is 0 Å². The molecule has 0 aliphatic rings. The van der Waals surface area contributed by atoms with E-state index in [0.29, 0.717) is 0 Å². The molecule has 0 bridgehead atoms. The maximum atomic E-state index is 13.1. The number of aromatic hydroxyl groups is 1. The van der Waals surface area contributed by atoms with Crippen molar-refractivity contribution >= 4 is 17.0 Å². The summed E-state index contributed by atoms with van der Waals surface area (Å²) in [6, 6.07) is 8.92. The van der Waals surface area contributed by atoms with Crippen molar-refractivity contribution in [1.29, 1.82) is 0 Å². The average Bonchev–Trinajstić information content (AvgIpc) is 2.87. The van der Waals surface area contributed by atoms with E-state index < -0.39 is 11.7 Å². The molecule has 0 saturated heterocycles. The molecule has 5 heteroatoms. The predicted molar refractivity (Wildman–Crippen MR) is 107 cm³/mol. The summed E-state index contributed by atoms with van der Waals surface area (Å²) >= 11 is 0. The van der Waals surface area contributed by atoms with E-state index in [9.17, 15) is 9.90 Å². The quantitative estimate of drug-likeness (QED) is 0.639. The van der Waals surface area contributed by atoms with E-state index >= 15 is 0 Å². The Morgan fingerprint density at radius 3 is 2.48 bits per heavy atom. The Kier molecular flexibility index (Phi) is 4.72. The van der Waals surface area contributed by atoms with Crippen molar-refractivity contribution in [3.8, 4) is 17.0 Å². The smallest absolute Gasteiger partial charge is 0.419 e. The number of hydrogen-bond donors (Lipinski definition) is 1. The van der Waals surface area contributed by atoms with Crippen LogP contribution in [-0.2, 0) is 4.74 Å². The van der Waals surface area contributed by atoms with Crippen LogP contribution in [0.4, 0.5) is 4.79 Å². The van der Waals surface area contributed by atoms with Gasteiger partial charge in [-0.15, -0.1) is 0 Å². The molecule has 0 aliphatic carbocycles. The van der Waals surface area contributed by atoms with Gasteiger partial charge in [0.05, 0.1) is 11.2 Å². The molecule has 0 saturated carbocycles. The van der Waals surface area contributed by atoms with E-state index in [-0.39, 0.29) is 11.7 Å². The normalized spacial score (nSPS) is 12.0. The fourth-order valence-corrected chi connectivity index (χ4v) is 3.36. The highest BCUT2D eigenvalue weighted by molar-refractivity contribution is 6.00. The highest BCUT2D eigenvalue weighted by Gasteiger charge is 2.27. The first kappa shape index (κ1) is 19.0. The van der Waals surface area contributed by atoms with Gasteiger partial charge in [-0.3, -0.25) is 4.98 Å². The summed E-state index contributed by atoms with van der Waals surface area (Å²) in [5, 5.41) is 10.9. The highest BCUT2D eigenvalue weighted by atomic mass is 16.6. The van der Waals surface area contributed by atoms with Gasteiger partial charge in [-0.05, 0) is 69.5 Å². The molecule has 5 nitrogen and oxygen atoms in total. The van der Waals surface area contributed by atoms with Crippen LogP contribution in [-0.4, -0.2) is 26.4 Å². The van der Waals surface area contributed by atoms with Crippen LogP contribution < -0.4 is 0 Å². The van der Waals surface area contributed by atoms with E-state index in [1.807, 2.05) is 39.8 Å². The first-order valence-electron chi connectivity index (χ1n) is 9.12. The van der Waals surface area contributed by atoms with Crippen LogP contribution in [0.15, 0.2) is 36.5 Å². The molecular weight excluding hydrogens is 340 g/mol. The predicted octanol–water partition coefficient (Wildman–Crippen LogP) is 5.62. The van der Waals surface area contributed by atoms with Gasteiger partial charge in [0.2, 0.25) is 0 Å². The summed E-state index contributed by atoms with van der Waals surface area (Å²) in [5.41, 5.74) is 3.64. The molecule has 0 unspecified atom stereocenters. The zero-order valence-corrected chi connectivity index (χ0v) is 16.7. The molecule has 3 aromatic rings. The summed E-state index contributed by atoms with van der Waals surface area (Å²) in [6.07, 6.45) is 1.30. The first-order valence-corrected chi connectivity index (χ1v) is 9.12. The number of aryl methyl sites for hydroxylation is 1. The van der Waals surface area contributed by atoms with Gasteiger partial charge >= 0.3 is 6.09 Å². The van der Waals surface area contributed by atoms with Crippen LogP contribution in [0.5, 0.6) is 5.75 Å². The number of phenols is 1. The molecule has 3 rings (SSSR count). The van der Waals surface area contributed by atoms with Crippen LogP contribution >= 0.6 is 0 Å². The number of carbonyl (C=O) groups is 1. The van der Waals surface area contributed by atoms with Crippen molar-refractivity contribution in [1.82, 2.24) is 9.55 Å². The fraction of sp³-hybridized carbons (Fsp3) is 0.364. The maximum Gasteiger partial charge on any atom is 0.419 e. The molecule has 0 fully saturated rings. The Balaban J connectivity index is 2.41. The summed E-state index contributed by atoms with van der Waals surface area (Å²) in [7, 11) is 0. The van der Waals surface area contributed by atoms with Gasteiger partial charge in [0, 0.05) is 22.8 Å². The third-order valence-corrected chi connectivity index (χ3v) is 4.31. The van der Waals surface area contributed by atoms with E-state index in [4.69, 9.17) is 4.74 Å². The largest absolute Gasteiger partial charge is 0.508 e. The van der Waals surface area contributed by atoms with Crippen LogP contribution in [0.1, 0.15) is 51.8 Å². The maximum absolute atomic E-state index is 13.1. The van der Waals surface area contributed by atoms with E-state index in [2.05, 4.69) is 18.8 Å². The van der Waals surface area contributed by atoms with Crippen LogP contribution in [0, 0.1) is 6.92 Å². The van der Waals surface area contributed by atoms with Gasteiger partial charge < -0.3 is 9.84 Å². The number of rotatable bonds is 2. The third kappa shape index (κ3) is 3.68. The lowest BCUT2D eigenvalue weighted by Crippen LogP contribution is -2.27. The highest BCUT2D eigenvalue weighted by Crippen LogP contribution is 2.40. The lowest BCUT2D eigenvalue weighted by Gasteiger charge is -2.21. The second kappa shape index (κ2) is 6.72. The van der Waals surface area contributed by atoms with Crippen molar-refractivity contribution in [3.63, 3.8) is 0 Å². The van der Waals surface area contributed by atoms with Crippen molar-refractivity contribution in [3.05, 3.63) is 47.8 Å². The fourth-order valence-electron chi connectivity index (χ4n) is 3.36.